The topological polar surface area (TPSA) is 58.6 Å². The lowest BCUT2D eigenvalue weighted by Crippen LogP contribution is -2.39. The second-order valence-electron chi connectivity index (χ2n) is 5.72. The molecule has 0 saturated carbocycles. The van der Waals surface area contributed by atoms with Crippen molar-refractivity contribution in [1.82, 2.24) is 4.90 Å². The SMILES string of the molecule is COC(=O)c1ccc(Cl)c(NC(=O)CN2CCCC(C)C2)c1. The summed E-state index contributed by atoms with van der Waals surface area (Å²) in [6, 6.07) is 4.67. The molecule has 6 heteroatoms. The van der Waals surface area contributed by atoms with Crippen molar-refractivity contribution in [1.29, 1.82) is 0 Å². The number of carbonyl (C=O) groups is 2. The van der Waals surface area contributed by atoms with E-state index in [9.17, 15) is 9.59 Å². The fraction of sp³-hybridized carbons (Fsp3) is 0.500. The minimum absolute atomic E-state index is 0.127. The Bertz CT molecular complexity index is 562. The number of carbonyl (C=O) groups excluding carboxylic acids is 2. The normalized spacial score (nSPS) is 18.8. The average molecular weight is 325 g/mol. The van der Waals surface area contributed by atoms with Crippen LogP contribution in [0.3, 0.4) is 0 Å². The van der Waals surface area contributed by atoms with E-state index in [-0.39, 0.29) is 5.91 Å². The summed E-state index contributed by atoms with van der Waals surface area (Å²) in [7, 11) is 1.31. The first-order chi connectivity index (χ1) is 10.5. The highest BCUT2D eigenvalue weighted by Gasteiger charge is 2.19. The van der Waals surface area contributed by atoms with Crippen LogP contribution >= 0.6 is 11.6 Å². The van der Waals surface area contributed by atoms with Crippen LogP contribution in [-0.4, -0.2) is 43.5 Å². The maximum atomic E-state index is 12.2. The zero-order chi connectivity index (χ0) is 16.1. The number of benzene rings is 1. The molecular formula is C16H21ClN2O3. The molecule has 120 valence electrons. The number of ether oxygens (including phenoxy) is 1. The van der Waals surface area contributed by atoms with Gasteiger partial charge in [-0.25, -0.2) is 4.79 Å². The molecule has 0 spiro atoms. The summed E-state index contributed by atoms with van der Waals surface area (Å²) in [5.74, 6) is 0.0304. The van der Waals surface area contributed by atoms with Gasteiger partial charge in [0.05, 0.1) is 29.9 Å². The van der Waals surface area contributed by atoms with Crippen molar-refractivity contribution in [3.63, 3.8) is 0 Å². The molecule has 1 amide bonds. The lowest BCUT2D eigenvalue weighted by atomic mass is 10.0. The predicted molar refractivity (Wildman–Crippen MR) is 86.3 cm³/mol. The number of rotatable bonds is 4. The zero-order valence-corrected chi connectivity index (χ0v) is 13.7. The van der Waals surface area contributed by atoms with Crippen molar-refractivity contribution < 1.29 is 14.3 Å². The monoisotopic (exact) mass is 324 g/mol. The zero-order valence-electron chi connectivity index (χ0n) is 12.9. The lowest BCUT2D eigenvalue weighted by Gasteiger charge is -2.30. The summed E-state index contributed by atoms with van der Waals surface area (Å²) < 4.78 is 4.67. The highest BCUT2D eigenvalue weighted by molar-refractivity contribution is 6.33. The molecule has 1 unspecified atom stereocenters. The summed E-state index contributed by atoms with van der Waals surface area (Å²) in [6.45, 7) is 4.40. The van der Waals surface area contributed by atoms with E-state index in [4.69, 9.17) is 11.6 Å². The fourth-order valence-corrected chi connectivity index (χ4v) is 2.85. The van der Waals surface area contributed by atoms with Crippen LogP contribution in [-0.2, 0) is 9.53 Å². The minimum Gasteiger partial charge on any atom is -0.465 e. The lowest BCUT2D eigenvalue weighted by molar-refractivity contribution is -0.117. The summed E-state index contributed by atoms with van der Waals surface area (Å²) in [5, 5.41) is 3.17. The Morgan fingerprint density at radius 1 is 1.45 bits per heavy atom. The molecule has 0 aromatic heterocycles. The van der Waals surface area contributed by atoms with Gasteiger partial charge in [-0.2, -0.15) is 0 Å². The summed E-state index contributed by atoms with van der Waals surface area (Å²) in [6.07, 6.45) is 2.33. The van der Waals surface area contributed by atoms with Gasteiger partial charge in [-0.15, -0.1) is 0 Å². The summed E-state index contributed by atoms with van der Waals surface area (Å²) >= 11 is 6.07. The van der Waals surface area contributed by atoms with Crippen LogP contribution in [0.1, 0.15) is 30.1 Å². The highest BCUT2D eigenvalue weighted by Crippen LogP contribution is 2.23. The maximum Gasteiger partial charge on any atom is 0.337 e. The Hall–Kier alpha value is -1.59. The largest absolute Gasteiger partial charge is 0.465 e. The highest BCUT2D eigenvalue weighted by atomic mass is 35.5. The van der Waals surface area contributed by atoms with E-state index in [1.165, 1.54) is 19.6 Å². The van der Waals surface area contributed by atoms with Gasteiger partial charge < -0.3 is 10.1 Å². The average Bonchev–Trinajstić information content (AvgIpc) is 2.48. The third-order valence-corrected chi connectivity index (χ3v) is 4.10. The maximum absolute atomic E-state index is 12.2. The predicted octanol–water partition coefficient (Wildman–Crippen LogP) is 2.80. The molecule has 1 N–H and O–H groups in total. The van der Waals surface area contributed by atoms with Crippen LogP contribution in [0.15, 0.2) is 18.2 Å². The number of nitrogens with zero attached hydrogens (tertiary/aromatic N) is 1. The summed E-state index contributed by atoms with van der Waals surface area (Å²) in [4.78, 5) is 25.8. The van der Waals surface area contributed by atoms with Crippen LogP contribution in [0, 0.1) is 5.92 Å². The van der Waals surface area contributed by atoms with Crippen molar-refractivity contribution in [2.24, 2.45) is 5.92 Å². The van der Waals surface area contributed by atoms with Gasteiger partial charge in [0.2, 0.25) is 5.91 Å². The minimum atomic E-state index is -0.461. The number of esters is 1. The molecule has 22 heavy (non-hydrogen) atoms. The number of amides is 1. The molecule has 5 nitrogen and oxygen atoms in total. The van der Waals surface area contributed by atoms with Crippen molar-refractivity contribution in [3.05, 3.63) is 28.8 Å². The Morgan fingerprint density at radius 3 is 2.91 bits per heavy atom. The Labute approximate surface area is 135 Å². The molecule has 1 saturated heterocycles. The third kappa shape index (κ3) is 4.45. The molecule has 1 atom stereocenters. The van der Waals surface area contributed by atoms with Crippen LogP contribution < -0.4 is 5.32 Å². The molecule has 1 aliphatic heterocycles. The molecule has 1 aromatic rings. The standard InChI is InChI=1S/C16H21ClN2O3/c1-11-4-3-7-19(9-11)10-15(20)18-14-8-12(16(21)22-2)5-6-13(14)17/h5-6,8,11H,3-4,7,9-10H2,1-2H3,(H,18,20). The van der Waals surface area contributed by atoms with Gasteiger partial charge in [0, 0.05) is 6.54 Å². The Kier molecular flexibility index (Phi) is 5.80. The van der Waals surface area contributed by atoms with Gasteiger partial charge in [0.15, 0.2) is 0 Å². The van der Waals surface area contributed by atoms with Gasteiger partial charge in [-0.1, -0.05) is 18.5 Å². The first kappa shape index (κ1) is 16.8. The van der Waals surface area contributed by atoms with Crippen molar-refractivity contribution >= 4 is 29.2 Å². The second kappa shape index (κ2) is 7.61. The van der Waals surface area contributed by atoms with Crippen LogP contribution in [0.2, 0.25) is 5.02 Å². The smallest absolute Gasteiger partial charge is 0.337 e. The van der Waals surface area contributed by atoms with Crippen LogP contribution in [0.4, 0.5) is 5.69 Å². The van der Waals surface area contributed by atoms with E-state index < -0.39 is 5.97 Å². The fourth-order valence-electron chi connectivity index (χ4n) is 2.69. The van der Waals surface area contributed by atoms with Gasteiger partial charge in [0.25, 0.3) is 0 Å². The molecule has 1 aromatic carbocycles. The Balaban J connectivity index is 2.00. The number of anilines is 1. The van der Waals surface area contributed by atoms with E-state index in [1.54, 1.807) is 12.1 Å². The van der Waals surface area contributed by atoms with Gasteiger partial charge in [0.1, 0.15) is 0 Å². The molecule has 0 radical (unpaired) electrons. The number of hydrogen-bond acceptors (Lipinski definition) is 4. The van der Waals surface area contributed by atoms with E-state index in [1.807, 2.05) is 0 Å². The van der Waals surface area contributed by atoms with E-state index in [0.717, 1.165) is 19.5 Å². The summed E-state index contributed by atoms with van der Waals surface area (Å²) in [5.41, 5.74) is 0.786. The quantitative estimate of drug-likeness (QED) is 0.865. The number of methoxy groups -OCH3 is 1. The number of halogens is 1. The van der Waals surface area contributed by atoms with Crippen molar-refractivity contribution in [2.75, 3.05) is 32.1 Å². The van der Waals surface area contributed by atoms with Crippen molar-refractivity contribution in [3.8, 4) is 0 Å². The Morgan fingerprint density at radius 2 is 2.23 bits per heavy atom. The van der Waals surface area contributed by atoms with Gasteiger partial charge in [-0.05, 0) is 43.5 Å². The van der Waals surface area contributed by atoms with E-state index in [0.29, 0.717) is 28.7 Å². The van der Waals surface area contributed by atoms with E-state index in [2.05, 4.69) is 21.9 Å². The van der Waals surface area contributed by atoms with E-state index >= 15 is 0 Å². The number of nitrogens with one attached hydrogen (secondary N) is 1. The van der Waals surface area contributed by atoms with Crippen LogP contribution in [0.5, 0.6) is 0 Å². The third-order valence-electron chi connectivity index (χ3n) is 3.77. The molecule has 1 fully saturated rings. The van der Waals surface area contributed by atoms with Gasteiger partial charge >= 0.3 is 5.97 Å². The number of hydrogen-bond donors (Lipinski definition) is 1. The molecular weight excluding hydrogens is 304 g/mol. The second-order valence-corrected chi connectivity index (χ2v) is 6.12. The number of likely N-dealkylation sites (tertiary alicyclic amines) is 1. The molecule has 1 heterocycles. The van der Waals surface area contributed by atoms with Crippen molar-refractivity contribution in [2.45, 2.75) is 19.8 Å². The first-order valence-electron chi connectivity index (χ1n) is 7.39. The first-order valence-corrected chi connectivity index (χ1v) is 7.77. The molecule has 0 aliphatic carbocycles. The molecule has 0 bridgehead atoms. The van der Waals surface area contributed by atoms with Crippen LogP contribution in [0.25, 0.3) is 0 Å². The number of piperidine rings is 1. The molecule has 2 rings (SSSR count). The van der Waals surface area contributed by atoms with Gasteiger partial charge in [-0.3, -0.25) is 9.69 Å². The molecule has 1 aliphatic rings.